The van der Waals surface area contributed by atoms with Crippen LogP contribution in [0.15, 0.2) is 36.4 Å². The first-order valence-electron chi connectivity index (χ1n) is 5.65. The van der Waals surface area contributed by atoms with Crippen molar-refractivity contribution in [3.8, 4) is 5.75 Å². The molecule has 0 spiro atoms. The molecule has 100 valence electrons. The second-order valence-electron chi connectivity index (χ2n) is 3.99. The van der Waals surface area contributed by atoms with E-state index in [1.54, 1.807) is 12.1 Å². The average molecular weight is 284 g/mol. The minimum Gasteiger partial charge on any atom is -0.486 e. The summed E-state index contributed by atoms with van der Waals surface area (Å²) in [6.45, 7) is 0.500. The molecule has 0 saturated heterocycles. The SMILES string of the molecule is NCc1ccc(COc2ccc(F)cc2F)c(Cl)c1. The van der Waals surface area contributed by atoms with Gasteiger partial charge in [-0.25, -0.2) is 8.78 Å². The van der Waals surface area contributed by atoms with Crippen LogP contribution in [0.1, 0.15) is 11.1 Å². The van der Waals surface area contributed by atoms with Gasteiger partial charge >= 0.3 is 0 Å². The molecule has 2 rings (SSSR count). The van der Waals surface area contributed by atoms with Crippen LogP contribution in [0.2, 0.25) is 5.02 Å². The number of halogens is 3. The zero-order valence-electron chi connectivity index (χ0n) is 10.00. The highest BCUT2D eigenvalue weighted by atomic mass is 35.5. The average Bonchev–Trinajstić information content (AvgIpc) is 2.39. The Morgan fingerprint density at radius 1 is 1.11 bits per heavy atom. The Hall–Kier alpha value is -1.65. The first kappa shape index (κ1) is 13.8. The van der Waals surface area contributed by atoms with Crippen LogP contribution in [0.3, 0.4) is 0 Å². The fourth-order valence-electron chi connectivity index (χ4n) is 1.58. The Labute approximate surface area is 114 Å². The third kappa shape index (κ3) is 3.43. The molecule has 0 bridgehead atoms. The highest BCUT2D eigenvalue weighted by Crippen LogP contribution is 2.22. The molecule has 0 saturated carbocycles. The van der Waals surface area contributed by atoms with Gasteiger partial charge in [0.1, 0.15) is 12.4 Å². The Morgan fingerprint density at radius 3 is 2.53 bits per heavy atom. The molecule has 0 aliphatic carbocycles. The summed E-state index contributed by atoms with van der Waals surface area (Å²) in [5, 5.41) is 0.505. The van der Waals surface area contributed by atoms with Gasteiger partial charge in [-0.2, -0.15) is 0 Å². The number of hydrogen-bond acceptors (Lipinski definition) is 2. The molecule has 2 aromatic rings. The molecule has 0 aliphatic heterocycles. The van der Waals surface area contributed by atoms with E-state index in [0.717, 1.165) is 17.7 Å². The summed E-state index contributed by atoms with van der Waals surface area (Å²) in [6.07, 6.45) is 0. The molecule has 2 aromatic carbocycles. The first-order valence-corrected chi connectivity index (χ1v) is 6.03. The second-order valence-corrected chi connectivity index (χ2v) is 4.40. The number of hydrogen-bond donors (Lipinski definition) is 1. The number of ether oxygens (including phenoxy) is 1. The van der Waals surface area contributed by atoms with Crippen LogP contribution in [-0.2, 0) is 13.2 Å². The summed E-state index contributed by atoms with van der Waals surface area (Å²) < 4.78 is 31.4. The molecule has 0 aliphatic rings. The van der Waals surface area contributed by atoms with Crippen molar-refractivity contribution in [1.29, 1.82) is 0 Å². The standard InChI is InChI=1S/C14H12ClF2NO/c15-12-5-9(7-18)1-2-10(12)8-19-14-4-3-11(16)6-13(14)17/h1-6H,7-8,18H2. The molecule has 2 nitrogen and oxygen atoms in total. The number of rotatable bonds is 4. The third-order valence-electron chi connectivity index (χ3n) is 2.63. The van der Waals surface area contributed by atoms with Crippen molar-refractivity contribution in [3.05, 3.63) is 64.2 Å². The van der Waals surface area contributed by atoms with Gasteiger partial charge in [0.25, 0.3) is 0 Å². The maximum absolute atomic E-state index is 13.4. The zero-order valence-corrected chi connectivity index (χ0v) is 10.8. The molecule has 0 heterocycles. The molecule has 0 unspecified atom stereocenters. The predicted molar refractivity (Wildman–Crippen MR) is 70.0 cm³/mol. The molecular weight excluding hydrogens is 272 g/mol. The second kappa shape index (κ2) is 5.99. The Balaban J connectivity index is 2.10. The van der Waals surface area contributed by atoms with Crippen LogP contribution < -0.4 is 10.5 Å². The van der Waals surface area contributed by atoms with E-state index in [1.165, 1.54) is 6.07 Å². The van der Waals surface area contributed by atoms with Gasteiger partial charge < -0.3 is 10.5 Å². The molecule has 5 heteroatoms. The third-order valence-corrected chi connectivity index (χ3v) is 2.98. The van der Waals surface area contributed by atoms with Gasteiger partial charge in [-0.1, -0.05) is 23.7 Å². The summed E-state index contributed by atoms with van der Waals surface area (Å²) in [5.41, 5.74) is 7.11. The van der Waals surface area contributed by atoms with Crippen LogP contribution in [-0.4, -0.2) is 0 Å². The lowest BCUT2D eigenvalue weighted by Gasteiger charge is -2.09. The van der Waals surface area contributed by atoms with E-state index in [4.69, 9.17) is 22.1 Å². The van der Waals surface area contributed by atoms with Crippen LogP contribution in [0, 0.1) is 11.6 Å². The summed E-state index contributed by atoms with van der Waals surface area (Å²) in [4.78, 5) is 0. The van der Waals surface area contributed by atoms with Crippen molar-refractivity contribution in [2.45, 2.75) is 13.2 Å². The first-order chi connectivity index (χ1) is 9.10. The summed E-state index contributed by atoms with van der Waals surface area (Å²) in [6, 6.07) is 8.48. The monoisotopic (exact) mass is 283 g/mol. The molecule has 0 fully saturated rings. The van der Waals surface area contributed by atoms with Gasteiger partial charge in [-0.3, -0.25) is 0 Å². The van der Waals surface area contributed by atoms with Crippen LogP contribution in [0.25, 0.3) is 0 Å². The summed E-state index contributed by atoms with van der Waals surface area (Å²) in [7, 11) is 0. The number of benzene rings is 2. The maximum Gasteiger partial charge on any atom is 0.167 e. The zero-order chi connectivity index (χ0) is 13.8. The fourth-order valence-corrected chi connectivity index (χ4v) is 1.84. The van der Waals surface area contributed by atoms with Crippen molar-refractivity contribution in [1.82, 2.24) is 0 Å². The predicted octanol–water partition coefficient (Wildman–Crippen LogP) is 3.66. The number of nitrogens with two attached hydrogens (primary N) is 1. The molecule has 0 atom stereocenters. The van der Waals surface area contributed by atoms with E-state index in [0.29, 0.717) is 17.1 Å². The minimum absolute atomic E-state index is 0.0135. The topological polar surface area (TPSA) is 35.2 Å². The van der Waals surface area contributed by atoms with Gasteiger partial charge in [0.15, 0.2) is 11.6 Å². The maximum atomic E-state index is 13.4. The molecule has 0 radical (unpaired) electrons. The van der Waals surface area contributed by atoms with E-state index in [1.807, 2.05) is 6.07 Å². The van der Waals surface area contributed by atoms with E-state index in [-0.39, 0.29) is 12.4 Å². The summed E-state index contributed by atoms with van der Waals surface area (Å²) >= 11 is 6.05. The Bertz CT molecular complexity index is 590. The van der Waals surface area contributed by atoms with Gasteiger partial charge in [0.2, 0.25) is 0 Å². The molecule has 19 heavy (non-hydrogen) atoms. The molecule has 0 amide bonds. The highest BCUT2D eigenvalue weighted by molar-refractivity contribution is 6.31. The van der Waals surface area contributed by atoms with Crippen LogP contribution in [0.5, 0.6) is 5.75 Å². The van der Waals surface area contributed by atoms with Crippen LogP contribution >= 0.6 is 11.6 Å². The lowest BCUT2D eigenvalue weighted by Crippen LogP contribution is -2.01. The molecule has 0 aromatic heterocycles. The van der Waals surface area contributed by atoms with Crippen molar-refractivity contribution in [2.75, 3.05) is 0 Å². The highest BCUT2D eigenvalue weighted by Gasteiger charge is 2.07. The van der Waals surface area contributed by atoms with E-state index in [9.17, 15) is 8.78 Å². The normalized spacial score (nSPS) is 10.5. The molecular formula is C14H12ClF2NO. The van der Waals surface area contributed by atoms with E-state index in [2.05, 4.69) is 0 Å². The Morgan fingerprint density at radius 2 is 1.89 bits per heavy atom. The van der Waals surface area contributed by atoms with Gasteiger partial charge in [0, 0.05) is 23.2 Å². The van der Waals surface area contributed by atoms with E-state index < -0.39 is 11.6 Å². The van der Waals surface area contributed by atoms with Crippen molar-refractivity contribution < 1.29 is 13.5 Å². The Kier molecular flexibility index (Phi) is 4.35. The van der Waals surface area contributed by atoms with Gasteiger partial charge in [0.05, 0.1) is 0 Å². The van der Waals surface area contributed by atoms with Crippen LogP contribution in [0.4, 0.5) is 8.78 Å². The van der Waals surface area contributed by atoms with Crippen molar-refractivity contribution in [3.63, 3.8) is 0 Å². The van der Waals surface area contributed by atoms with Crippen molar-refractivity contribution >= 4 is 11.6 Å². The van der Waals surface area contributed by atoms with Gasteiger partial charge in [-0.15, -0.1) is 0 Å². The fraction of sp³-hybridized carbons (Fsp3) is 0.143. The minimum atomic E-state index is -0.741. The molecule has 2 N–H and O–H groups in total. The largest absolute Gasteiger partial charge is 0.486 e. The summed E-state index contributed by atoms with van der Waals surface area (Å²) in [5.74, 6) is -1.40. The van der Waals surface area contributed by atoms with Crippen molar-refractivity contribution in [2.24, 2.45) is 5.73 Å². The lowest BCUT2D eigenvalue weighted by atomic mass is 10.1. The lowest BCUT2D eigenvalue weighted by molar-refractivity contribution is 0.289. The smallest absolute Gasteiger partial charge is 0.167 e. The van der Waals surface area contributed by atoms with E-state index >= 15 is 0 Å². The quantitative estimate of drug-likeness (QED) is 0.929. The van der Waals surface area contributed by atoms with Gasteiger partial charge in [-0.05, 0) is 23.8 Å².